The summed E-state index contributed by atoms with van der Waals surface area (Å²) in [5.41, 5.74) is 1.03. The second kappa shape index (κ2) is 5.64. The number of sulfonamides is 1. The van der Waals surface area contributed by atoms with Crippen molar-refractivity contribution in [3.8, 4) is 0 Å². The van der Waals surface area contributed by atoms with Crippen LogP contribution in [0.4, 0.5) is 5.00 Å². The van der Waals surface area contributed by atoms with E-state index >= 15 is 0 Å². The number of anilines is 1. The van der Waals surface area contributed by atoms with Crippen molar-refractivity contribution in [1.82, 2.24) is 14.9 Å². The molecular weight excluding hydrogens is 284 g/mol. The largest absolute Gasteiger partial charge is 0.313 e. The van der Waals surface area contributed by atoms with Crippen LogP contribution in [-0.4, -0.2) is 25.1 Å². The van der Waals surface area contributed by atoms with Gasteiger partial charge in [-0.3, -0.25) is 4.72 Å². The van der Waals surface area contributed by atoms with Gasteiger partial charge >= 0.3 is 0 Å². The number of hydrogen-bond donors (Lipinski definition) is 2. The first-order valence-electron chi connectivity index (χ1n) is 5.60. The first-order chi connectivity index (χ1) is 9.03. The third-order valence-corrected chi connectivity index (χ3v) is 4.81. The van der Waals surface area contributed by atoms with Crippen molar-refractivity contribution < 1.29 is 8.42 Å². The van der Waals surface area contributed by atoms with Gasteiger partial charge < -0.3 is 5.32 Å². The Morgan fingerprint density at radius 1 is 1.26 bits per heavy atom. The molecule has 6 nitrogen and oxygen atoms in total. The topological polar surface area (TPSA) is 84.0 Å². The van der Waals surface area contributed by atoms with E-state index in [1.807, 2.05) is 14.0 Å². The molecule has 1 unspecified atom stereocenters. The normalized spacial score (nSPS) is 13.2. The van der Waals surface area contributed by atoms with Crippen molar-refractivity contribution in [3.63, 3.8) is 0 Å². The van der Waals surface area contributed by atoms with Gasteiger partial charge in [0.05, 0.1) is 11.1 Å². The molecule has 1 atom stereocenters. The number of aromatic nitrogens is 2. The van der Waals surface area contributed by atoms with Gasteiger partial charge in [0.25, 0.3) is 10.0 Å². The van der Waals surface area contributed by atoms with Crippen molar-refractivity contribution in [3.05, 3.63) is 36.0 Å². The van der Waals surface area contributed by atoms with Crippen LogP contribution in [0.1, 0.15) is 18.5 Å². The summed E-state index contributed by atoms with van der Waals surface area (Å²) < 4.78 is 30.2. The molecule has 19 heavy (non-hydrogen) atoms. The van der Waals surface area contributed by atoms with E-state index in [0.717, 1.165) is 17.1 Å². The molecule has 2 N–H and O–H groups in total. The van der Waals surface area contributed by atoms with Crippen molar-refractivity contribution >= 4 is 26.6 Å². The highest BCUT2D eigenvalue weighted by molar-refractivity contribution is 7.93. The second-order valence-electron chi connectivity index (χ2n) is 3.97. The molecule has 0 aliphatic carbocycles. The predicted octanol–water partition coefficient (Wildman–Crippen LogP) is 1.62. The molecular formula is C11H14N4O2S2. The Morgan fingerprint density at radius 3 is 2.47 bits per heavy atom. The van der Waals surface area contributed by atoms with E-state index in [1.54, 1.807) is 24.3 Å². The molecule has 0 amide bonds. The zero-order chi connectivity index (χ0) is 13.9. The van der Waals surface area contributed by atoms with Crippen LogP contribution in [-0.2, 0) is 10.0 Å². The molecule has 102 valence electrons. The lowest BCUT2D eigenvalue weighted by atomic mass is 10.1. The van der Waals surface area contributed by atoms with Gasteiger partial charge in [-0.25, -0.2) is 8.42 Å². The molecule has 8 heteroatoms. The molecule has 0 saturated carbocycles. The van der Waals surface area contributed by atoms with Gasteiger partial charge in [-0.1, -0.05) is 16.6 Å². The second-order valence-corrected chi connectivity index (χ2v) is 6.43. The summed E-state index contributed by atoms with van der Waals surface area (Å²) in [4.78, 5) is 0.216. The van der Waals surface area contributed by atoms with E-state index in [-0.39, 0.29) is 10.9 Å². The lowest BCUT2D eigenvalue weighted by Crippen LogP contribution is -2.14. The Hall–Kier alpha value is -1.51. The summed E-state index contributed by atoms with van der Waals surface area (Å²) in [6.45, 7) is 2.00. The third-order valence-electron chi connectivity index (χ3n) is 2.72. The Bertz CT molecular complexity index is 623. The van der Waals surface area contributed by atoms with Crippen LogP contribution < -0.4 is 10.0 Å². The number of nitrogens with zero attached hydrogens (tertiary/aromatic N) is 2. The number of hydrogen-bond acceptors (Lipinski definition) is 6. The summed E-state index contributed by atoms with van der Waals surface area (Å²) >= 11 is 0.995. The average molecular weight is 298 g/mol. The molecule has 1 heterocycles. The van der Waals surface area contributed by atoms with Gasteiger partial charge in [-0.2, -0.15) is 0 Å². The van der Waals surface area contributed by atoms with Crippen LogP contribution >= 0.6 is 11.5 Å². The summed E-state index contributed by atoms with van der Waals surface area (Å²) in [6, 6.07) is 6.93. The fourth-order valence-electron chi connectivity index (χ4n) is 1.51. The fraction of sp³-hybridized carbons (Fsp3) is 0.273. The summed E-state index contributed by atoms with van der Waals surface area (Å²) in [6.07, 6.45) is 1.37. The summed E-state index contributed by atoms with van der Waals surface area (Å²) in [5.74, 6) is 0. The molecule has 0 saturated heterocycles. The maximum absolute atomic E-state index is 12.1. The highest BCUT2D eigenvalue weighted by Gasteiger charge is 2.15. The molecule has 0 aliphatic heterocycles. The number of rotatable bonds is 5. The van der Waals surface area contributed by atoms with Crippen LogP contribution in [0.2, 0.25) is 0 Å². The van der Waals surface area contributed by atoms with Crippen molar-refractivity contribution in [2.45, 2.75) is 17.9 Å². The molecule has 2 rings (SSSR count). The summed E-state index contributed by atoms with van der Waals surface area (Å²) in [5, 5.41) is 7.07. The fourth-order valence-corrected chi connectivity index (χ4v) is 3.19. The van der Waals surface area contributed by atoms with Gasteiger partial charge in [0, 0.05) is 17.6 Å². The van der Waals surface area contributed by atoms with E-state index in [0.29, 0.717) is 5.00 Å². The van der Waals surface area contributed by atoms with Gasteiger partial charge in [0.2, 0.25) is 0 Å². The van der Waals surface area contributed by atoms with Crippen molar-refractivity contribution in [2.24, 2.45) is 0 Å². The highest BCUT2D eigenvalue weighted by atomic mass is 32.2. The van der Waals surface area contributed by atoms with E-state index in [2.05, 4.69) is 19.6 Å². The van der Waals surface area contributed by atoms with Gasteiger partial charge in [-0.15, -0.1) is 5.10 Å². The van der Waals surface area contributed by atoms with Crippen LogP contribution in [0.5, 0.6) is 0 Å². The van der Waals surface area contributed by atoms with Gasteiger partial charge in [-0.05, 0) is 31.7 Å². The summed E-state index contributed by atoms with van der Waals surface area (Å²) in [7, 11) is -1.72. The van der Waals surface area contributed by atoms with E-state index in [9.17, 15) is 8.42 Å². The molecule has 2 aromatic rings. The maximum Gasteiger partial charge on any atom is 0.262 e. The molecule has 0 radical (unpaired) electrons. The predicted molar refractivity (Wildman–Crippen MR) is 74.6 cm³/mol. The third kappa shape index (κ3) is 3.28. The van der Waals surface area contributed by atoms with Gasteiger partial charge in [0.15, 0.2) is 0 Å². The van der Waals surface area contributed by atoms with E-state index in [1.165, 1.54) is 6.20 Å². The van der Waals surface area contributed by atoms with Crippen LogP contribution in [0.3, 0.4) is 0 Å². The number of benzene rings is 1. The molecule has 0 fully saturated rings. The van der Waals surface area contributed by atoms with Crippen LogP contribution in [0.15, 0.2) is 35.4 Å². The Kier molecular flexibility index (Phi) is 4.13. The smallest absolute Gasteiger partial charge is 0.262 e. The highest BCUT2D eigenvalue weighted by Crippen LogP contribution is 2.19. The minimum absolute atomic E-state index is 0.176. The van der Waals surface area contributed by atoms with Crippen LogP contribution in [0.25, 0.3) is 0 Å². The Labute approximate surface area is 116 Å². The molecule has 0 bridgehead atoms. The first kappa shape index (κ1) is 13.9. The quantitative estimate of drug-likeness (QED) is 0.876. The molecule has 0 aliphatic rings. The molecule has 1 aromatic carbocycles. The van der Waals surface area contributed by atoms with Gasteiger partial charge in [0.1, 0.15) is 5.00 Å². The first-order valence-corrected chi connectivity index (χ1v) is 7.86. The van der Waals surface area contributed by atoms with E-state index in [4.69, 9.17) is 0 Å². The Balaban J connectivity index is 2.21. The lowest BCUT2D eigenvalue weighted by Gasteiger charge is -2.11. The minimum Gasteiger partial charge on any atom is -0.313 e. The lowest BCUT2D eigenvalue weighted by molar-refractivity contribution is 0.601. The monoisotopic (exact) mass is 298 g/mol. The number of nitrogens with one attached hydrogen (secondary N) is 2. The molecule has 0 spiro atoms. The maximum atomic E-state index is 12.1. The average Bonchev–Trinajstić information content (AvgIpc) is 2.90. The van der Waals surface area contributed by atoms with E-state index < -0.39 is 10.0 Å². The Morgan fingerprint density at radius 2 is 1.95 bits per heavy atom. The zero-order valence-electron chi connectivity index (χ0n) is 10.5. The van der Waals surface area contributed by atoms with Crippen LogP contribution in [0, 0.1) is 0 Å². The minimum atomic E-state index is -3.57. The molecule has 1 aromatic heterocycles. The zero-order valence-corrected chi connectivity index (χ0v) is 12.1. The van der Waals surface area contributed by atoms with Crippen molar-refractivity contribution in [2.75, 3.05) is 11.8 Å². The standard InChI is InChI=1S/C11H14N4O2S2/c1-8(12-2)9-3-5-10(6-4-9)19(16,17)14-11-7-13-15-18-11/h3-8,12,14H,1-2H3. The van der Waals surface area contributed by atoms with Crippen molar-refractivity contribution in [1.29, 1.82) is 0 Å². The SMILES string of the molecule is CNC(C)c1ccc(S(=O)(=O)Nc2cnns2)cc1.